The van der Waals surface area contributed by atoms with E-state index in [1.807, 2.05) is 20.8 Å². The van der Waals surface area contributed by atoms with Crippen molar-refractivity contribution in [3.63, 3.8) is 0 Å². The first-order valence-electron chi connectivity index (χ1n) is 8.45. The standard InChI is InChI=1S/C20H22N2O4/c1-20(2,3)22-19(24)14-6-4-5-13(11-14)18(23)21-15-7-8-16-17(12-15)26-10-9-25-16/h4-8,11-12H,9-10H2,1-3H3,(H,21,23)(H,22,24). The van der Waals surface area contributed by atoms with E-state index in [1.54, 1.807) is 42.5 Å². The highest BCUT2D eigenvalue weighted by Gasteiger charge is 2.17. The first-order chi connectivity index (χ1) is 12.3. The number of hydrogen-bond donors (Lipinski definition) is 2. The van der Waals surface area contributed by atoms with E-state index in [0.29, 0.717) is 41.5 Å². The third-order valence-corrected chi connectivity index (χ3v) is 3.68. The molecule has 0 aliphatic carbocycles. The van der Waals surface area contributed by atoms with Crippen molar-refractivity contribution in [2.24, 2.45) is 0 Å². The van der Waals surface area contributed by atoms with E-state index in [9.17, 15) is 9.59 Å². The Morgan fingerprint density at radius 2 is 1.54 bits per heavy atom. The zero-order valence-electron chi connectivity index (χ0n) is 15.1. The average Bonchev–Trinajstić information content (AvgIpc) is 2.60. The number of carbonyl (C=O) groups excluding carboxylic acids is 2. The van der Waals surface area contributed by atoms with Crippen molar-refractivity contribution in [1.29, 1.82) is 0 Å². The van der Waals surface area contributed by atoms with Crippen molar-refractivity contribution in [3.05, 3.63) is 53.6 Å². The van der Waals surface area contributed by atoms with Gasteiger partial charge in [-0.3, -0.25) is 9.59 Å². The van der Waals surface area contributed by atoms with Crippen LogP contribution < -0.4 is 20.1 Å². The minimum Gasteiger partial charge on any atom is -0.486 e. The third-order valence-electron chi connectivity index (χ3n) is 3.68. The summed E-state index contributed by atoms with van der Waals surface area (Å²) in [5.41, 5.74) is 1.10. The summed E-state index contributed by atoms with van der Waals surface area (Å²) in [5.74, 6) is 0.751. The number of anilines is 1. The van der Waals surface area contributed by atoms with Crippen molar-refractivity contribution in [2.75, 3.05) is 18.5 Å². The van der Waals surface area contributed by atoms with Crippen LogP contribution in [-0.4, -0.2) is 30.6 Å². The molecule has 1 aliphatic heterocycles. The lowest BCUT2D eigenvalue weighted by Crippen LogP contribution is -2.40. The van der Waals surface area contributed by atoms with Crippen LogP contribution in [0, 0.1) is 0 Å². The van der Waals surface area contributed by atoms with Crippen LogP contribution >= 0.6 is 0 Å². The number of benzene rings is 2. The largest absolute Gasteiger partial charge is 0.486 e. The van der Waals surface area contributed by atoms with Crippen molar-refractivity contribution >= 4 is 17.5 Å². The summed E-state index contributed by atoms with van der Waals surface area (Å²) in [4.78, 5) is 24.8. The lowest BCUT2D eigenvalue weighted by molar-refractivity contribution is 0.0919. The summed E-state index contributed by atoms with van der Waals surface area (Å²) in [6.45, 7) is 6.72. The Morgan fingerprint density at radius 1 is 0.885 bits per heavy atom. The molecule has 136 valence electrons. The van der Waals surface area contributed by atoms with Gasteiger partial charge in [-0.1, -0.05) is 6.07 Å². The number of ether oxygens (including phenoxy) is 2. The van der Waals surface area contributed by atoms with Gasteiger partial charge in [-0.15, -0.1) is 0 Å². The van der Waals surface area contributed by atoms with Gasteiger partial charge in [0.05, 0.1) is 0 Å². The summed E-state index contributed by atoms with van der Waals surface area (Å²) in [7, 11) is 0. The molecule has 2 N–H and O–H groups in total. The third kappa shape index (κ3) is 4.33. The first kappa shape index (κ1) is 17.8. The van der Waals surface area contributed by atoms with Gasteiger partial charge in [-0.2, -0.15) is 0 Å². The lowest BCUT2D eigenvalue weighted by Gasteiger charge is -2.20. The smallest absolute Gasteiger partial charge is 0.255 e. The Morgan fingerprint density at radius 3 is 2.23 bits per heavy atom. The number of carbonyl (C=O) groups is 2. The quantitative estimate of drug-likeness (QED) is 0.887. The Hall–Kier alpha value is -3.02. The van der Waals surface area contributed by atoms with Gasteiger partial charge in [-0.05, 0) is 51.1 Å². The van der Waals surface area contributed by atoms with E-state index in [4.69, 9.17) is 9.47 Å². The molecule has 0 bridgehead atoms. The zero-order valence-corrected chi connectivity index (χ0v) is 15.1. The van der Waals surface area contributed by atoms with Gasteiger partial charge in [0.15, 0.2) is 11.5 Å². The van der Waals surface area contributed by atoms with Crippen LogP contribution in [0.3, 0.4) is 0 Å². The van der Waals surface area contributed by atoms with Gasteiger partial charge in [0.25, 0.3) is 11.8 Å². The van der Waals surface area contributed by atoms with Crippen LogP contribution in [0.25, 0.3) is 0 Å². The van der Waals surface area contributed by atoms with Gasteiger partial charge >= 0.3 is 0 Å². The summed E-state index contributed by atoms with van der Waals surface area (Å²) in [6.07, 6.45) is 0. The minimum atomic E-state index is -0.347. The molecule has 0 saturated heterocycles. The maximum Gasteiger partial charge on any atom is 0.255 e. The number of amides is 2. The normalized spacial score (nSPS) is 13.0. The van der Waals surface area contributed by atoms with Crippen LogP contribution in [-0.2, 0) is 0 Å². The molecule has 6 heteroatoms. The summed E-state index contributed by atoms with van der Waals surface area (Å²) in [5, 5.41) is 5.70. The zero-order chi connectivity index (χ0) is 18.7. The van der Waals surface area contributed by atoms with Gasteiger partial charge < -0.3 is 20.1 Å². The highest BCUT2D eigenvalue weighted by Crippen LogP contribution is 2.32. The number of fused-ring (bicyclic) bond motifs is 1. The van der Waals surface area contributed by atoms with E-state index in [2.05, 4.69) is 10.6 Å². The fourth-order valence-electron chi connectivity index (χ4n) is 2.54. The van der Waals surface area contributed by atoms with Gasteiger partial charge in [0.2, 0.25) is 0 Å². The average molecular weight is 354 g/mol. The molecule has 2 amide bonds. The molecule has 2 aromatic carbocycles. The molecule has 0 atom stereocenters. The Kier molecular flexibility index (Phi) is 4.84. The van der Waals surface area contributed by atoms with Crippen molar-refractivity contribution in [2.45, 2.75) is 26.3 Å². The molecular weight excluding hydrogens is 332 g/mol. The van der Waals surface area contributed by atoms with Crippen LogP contribution in [0.1, 0.15) is 41.5 Å². The number of hydrogen-bond acceptors (Lipinski definition) is 4. The molecule has 0 radical (unpaired) electrons. The molecule has 0 fully saturated rings. The van der Waals surface area contributed by atoms with Crippen LogP contribution in [0.4, 0.5) is 5.69 Å². The van der Waals surface area contributed by atoms with E-state index in [1.165, 1.54) is 0 Å². The second-order valence-electron chi connectivity index (χ2n) is 7.10. The molecule has 2 aromatic rings. The van der Waals surface area contributed by atoms with Crippen LogP contribution in [0.15, 0.2) is 42.5 Å². The van der Waals surface area contributed by atoms with Crippen LogP contribution in [0.5, 0.6) is 11.5 Å². The molecule has 1 heterocycles. The molecular formula is C20H22N2O4. The summed E-state index contributed by atoms with van der Waals surface area (Å²) < 4.78 is 11.0. The van der Waals surface area contributed by atoms with Gasteiger partial charge in [-0.25, -0.2) is 0 Å². The predicted molar refractivity (Wildman–Crippen MR) is 99.0 cm³/mol. The fourth-order valence-corrected chi connectivity index (χ4v) is 2.54. The lowest BCUT2D eigenvalue weighted by atomic mass is 10.1. The fraction of sp³-hybridized carbons (Fsp3) is 0.300. The Bertz CT molecular complexity index is 840. The highest BCUT2D eigenvalue weighted by atomic mass is 16.6. The predicted octanol–water partition coefficient (Wildman–Crippen LogP) is 3.24. The van der Waals surface area contributed by atoms with E-state index >= 15 is 0 Å². The van der Waals surface area contributed by atoms with Crippen molar-refractivity contribution < 1.29 is 19.1 Å². The second-order valence-corrected chi connectivity index (χ2v) is 7.10. The number of nitrogens with one attached hydrogen (secondary N) is 2. The first-order valence-corrected chi connectivity index (χ1v) is 8.45. The molecule has 0 unspecified atom stereocenters. The van der Waals surface area contributed by atoms with E-state index < -0.39 is 0 Å². The van der Waals surface area contributed by atoms with Crippen LogP contribution in [0.2, 0.25) is 0 Å². The monoisotopic (exact) mass is 354 g/mol. The molecule has 0 aromatic heterocycles. The molecule has 0 spiro atoms. The molecule has 26 heavy (non-hydrogen) atoms. The minimum absolute atomic E-state index is 0.216. The second kappa shape index (κ2) is 7.07. The highest BCUT2D eigenvalue weighted by molar-refractivity contribution is 6.06. The van der Waals surface area contributed by atoms with Gasteiger partial charge in [0, 0.05) is 28.4 Å². The maximum absolute atomic E-state index is 12.5. The molecule has 1 aliphatic rings. The molecule has 6 nitrogen and oxygen atoms in total. The van der Waals surface area contributed by atoms with E-state index in [-0.39, 0.29) is 17.4 Å². The molecule has 0 saturated carbocycles. The topological polar surface area (TPSA) is 76.7 Å². The molecule has 3 rings (SSSR count). The maximum atomic E-state index is 12.5. The number of rotatable bonds is 3. The van der Waals surface area contributed by atoms with Crippen molar-refractivity contribution in [3.8, 4) is 11.5 Å². The Labute approximate surface area is 152 Å². The van der Waals surface area contributed by atoms with Crippen molar-refractivity contribution in [1.82, 2.24) is 5.32 Å². The summed E-state index contributed by atoms with van der Waals surface area (Å²) in [6, 6.07) is 11.9. The van der Waals surface area contributed by atoms with Gasteiger partial charge in [0.1, 0.15) is 13.2 Å². The SMILES string of the molecule is CC(C)(C)NC(=O)c1cccc(C(=O)Nc2ccc3c(c2)OCCO3)c1. The Balaban J connectivity index is 1.74. The summed E-state index contributed by atoms with van der Waals surface area (Å²) >= 11 is 0. The van der Waals surface area contributed by atoms with E-state index in [0.717, 1.165) is 0 Å².